The number of esters is 1. The summed E-state index contributed by atoms with van der Waals surface area (Å²) < 4.78 is 35.7. The molecule has 1 fully saturated rings. The molecule has 3 amide bonds. The molecule has 0 aliphatic carbocycles. The first-order valence-electron chi connectivity index (χ1n) is 17.1. The molecule has 2 aliphatic heterocycles. The number of benzene rings is 4. The molecular formula is C40H40N2O11. The molecule has 13 nitrogen and oxygen atoms in total. The lowest BCUT2D eigenvalue weighted by molar-refractivity contribution is -0.297. The largest absolute Gasteiger partial charge is 0.467 e. The fourth-order valence-corrected chi connectivity index (χ4v) is 6.26. The Labute approximate surface area is 306 Å². The number of methoxy groups -OCH3 is 1. The van der Waals surface area contributed by atoms with Crippen molar-refractivity contribution in [3.8, 4) is 0 Å². The van der Waals surface area contributed by atoms with Crippen LogP contribution in [0.25, 0.3) is 0 Å². The molecule has 0 radical (unpaired) electrons. The van der Waals surface area contributed by atoms with Gasteiger partial charge in [0.1, 0.15) is 31.0 Å². The fourth-order valence-electron chi connectivity index (χ4n) is 6.26. The van der Waals surface area contributed by atoms with Crippen LogP contribution in [0, 0.1) is 0 Å². The van der Waals surface area contributed by atoms with E-state index in [-0.39, 0.29) is 30.9 Å². The van der Waals surface area contributed by atoms with E-state index < -0.39 is 73.8 Å². The molecule has 0 saturated carbocycles. The van der Waals surface area contributed by atoms with Gasteiger partial charge in [0.15, 0.2) is 12.3 Å². The Bertz CT molecular complexity index is 1810. The minimum atomic E-state index is -1.47. The summed E-state index contributed by atoms with van der Waals surface area (Å²) in [7, 11) is 1.15. The van der Waals surface area contributed by atoms with Gasteiger partial charge in [0.05, 0.1) is 44.7 Å². The second-order valence-corrected chi connectivity index (χ2v) is 12.4. The van der Waals surface area contributed by atoms with Crippen molar-refractivity contribution in [2.75, 3.05) is 20.3 Å². The van der Waals surface area contributed by atoms with Gasteiger partial charge in [0, 0.05) is 0 Å². The zero-order chi connectivity index (χ0) is 37.2. The van der Waals surface area contributed by atoms with Gasteiger partial charge in [-0.2, -0.15) is 0 Å². The zero-order valence-corrected chi connectivity index (χ0v) is 28.9. The van der Waals surface area contributed by atoms with E-state index in [1.54, 1.807) is 48.5 Å². The van der Waals surface area contributed by atoms with Crippen LogP contribution < -0.4 is 5.32 Å². The Balaban J connectivity index is 1.31. The van der Waals surface area contributed by atoms with Crippen molar-refractivity contribution in [3.05, 3.63) is 143 Å². The molecule has 0 aromatic heterocycles. The Hall–Kier alpha value is -5.44. The lowest BCUT2D eigenvalue weighted by Crippen LogP contribution is -2.67. The number of carbonyl (C=O) groups excluding carboxylic acids is 4. The summed E-state index contributed by atoms with van der Waals surface area (Å²) in [6.07, 6.45) is -5.59. The maximum atomic E-state index is 14.0. The average Bonchev–Trinajstić information content (AvgIpc) is 3.45. The predicted molar refractivity (Wildman–Crippen MR) is 188 cm³/mol. The van der Waals surface area contributed by atoms with E-state index in [0.29, 0.717) is 0 Å². The second kappa shape index (κ2) is 17.9. The van der Waals surface area contributed by atoms with Gasteiger partial charge < -0.3 is 38.8 Å². The van der Waals surface area contributed by atoms with Crippen LogP contribution >= 0.6 is 0 Å². The number of aliphatic hydroxyl groups is 1. The number of ether oxygens (including phenoxy) is 6. The van der Waals surface area contributed by atoms with E-state index in [2.05, 4.69) is 5.32 Å². The van der Waals surface area contributed by atoms with Gasteiger partial charge in [-0.3, -0.25) is 14.5 Å². The maximum absolute atomic E-state index is 14.0. The van der Waals surface area contributed by atoms with Gasteiger partial charge in [0.2, 0.25) is 0 Å². The van der Waals surface area contributed by atoms with Crippen LogP contribution in [0.5, 0.6) is 0 Å². The highest BCUT2D eigenvalue weighted by molar-refractivity contribution is 6.21. The lowest BCUT2D eigenvalue weighted by Gasteiger charge is -2.48. The van der Waals surface area contributed by atoms with Gasteiger partial charge in [-0.25, -0.2) is 9.59 Å². The van der Waals surface area contributed by atoms with Crippen LogP contribution in [0.15, 0.2) is 115 Å². The molecule has 2 heterocycles. The zero-order valence-electron chi connectivity index (χ0n) is 28.9. The van der Waals surface area contributed by atoms with Crippen LogP contribution in [0.2, 0.25) is 0 Å². The van der Waals surface area contributed by atoms with Crippen LogP contribution in [0.1, 0.15) is 37.4 Å². The number of hydrogen-bond donors (Lipinski definition) is 2. The highest BCUT2D eigenvalue weighted by Gasteiger charge is 2.55. The van der Waals surface area contributed by atoms with Crippen molar-refractivity contribution in [1.82, 2.24) is 10.2 Å². The molecule has 13 heteroatoms. The number of imide groups is 1. The normalized spacial score (nSPS) is 21.5. The predicted octanol–water partition coefficient (Wildman–Crippen LogP) is 4.02. The van der Waals surface area contributed by atoms with E-state index in [1.807, 2.05) is 66.7 Å². The third-order valence-corrected chi connectivity index (χ3v) is 8.91. The fraction of sp³-hybridized carbons (Fsp3) is 0.300. The van der Waals surface area contributed by atoms with Crippen molar-refractivity contribution in [3.63, 3.8) is 0 Å². The average molecular weight is 725 g/mol. The Kier molecular flexibility index (Phi) is 12.6. The number of carbonyl (C=O) groups is 4. The molecule has 0 spiro atoms. The topological polar surface area (TPSA) is 159 Å². The standard InChI is InChI=1S/C40H40N2O11/c1-48-38(46)31(41-40(47)52-24-28-17-9-4-10-18-28)25-51-39-33(42-36(44)29-19-11-12-20-30(29)37(42)45)35(50-23-27-15-7-3-8-16-27)34(32(21-43)53-39)49-22-26-13-5-2-6-14-26/h2-20,31-35,39,43H,21-25H2,1H3,(H,41,47)/t31-,32+,33+,34+,35+,39+/m0/s1. The summed E-state index contributed by atoms with van der Waals surface area (Å²) >= 11 is 0. The molecule has 4 aromatic carbocycles. The second-order valence-electron chi connectivity index (χ2n) is 12.4. The van der Waals surface area contributed by atoms with Crippen molar-refractivity contribution >= 4 is 23.9 Å². The summed E-state index contributed by atoms with van der Waals surface area (Å²) in [5, 5.41) is 13.1. The maximum Gasteiger partial charge on any atom is 0.408 e. The van der Waals surface area contributed by atoms with Crippen molar-refractivity contribution in [2.24, 2.45) is 0 Å². The van der Waals surface area contributed by atoms with Gasteiger partial charge >= 0.3 is 12.1 Å². The Morgan fingerprint density at radius 1 is 0.717 bits per heavy atom. The molecule has 6 rings (SSSR count). The Morgan fingerprint density at radius 2 is 1.21 bits per heavy atom. The van der Waals surface area contributed by atoms with Gasteiger partial charge in [0.25, 0.3) is 11.8 Å². The molecule has 4 aromatic rings. The number of amides is 3. The van der Waals surface area contributed by atoms with Gasteiger partial charge in [-0.1, -0.05) is 103 Å². The van der Waals surface area contributed by atoms with E-state index in [9.17, 15) is 24.3 Å². The molecule has 2 N–H and O–H groups in total. The molecule has 0 bridgehead atoms. The number of aliphatic hydroxyl groups excluding tert-OH is 1. The van der Waals surface area contributed by atoms with Crippen LogP contribution in [-0.4, -0.2) is 90.9 Å². The third kappa shape index (κ3) is 8.96. The number of hydrogen-bond acceptors (Lipinski definition) is 11. The van der Waals surface area contributed by atoms with Crippen molar-refractivity contribution < 1.29 is 52.7 Å². The smallest absolute Gasteiger partial charge is 0.408 e. The van der Waals surface area contributed by atoms with Crippen LogP contribution in [-0.2, 0) is 53.0 Å². The minimum absolute atomic E-state index is 0.0425. The van der Waals surface area contributed by atoms with E-state index in [1.165, 1.54) is 0 Å². The first-order chi connectivity index (χ1) is 25.9. The summed E-state index contributed by atoms with van der Waals surface area (Å²) in [6, 6.07) is 31.3. The lowest BCUT2D eigenvalue weighted by atomic mass is 9.94. The monoisotopic (exact) mass is 724 g/mol. The molecule has 1 saturated heterocycles. The van der Waals surface area contributed by atoms with E-state index >= 15 is 0 Å². The number of rotatable bonds is 15. The molecule has 6 atom stereocenters. The summed E-state index contributed by atoms with van der Waals surface area (Å²) in [5.41, 5.74) is 2.71. The van der Waals surface area contributed by atoms with Crippen molar-refractivity contribution in [1.29, 1.82) is 0 Å². The summed E-state index contributed by atoms with van der Waals surface area (Å²) in [5.74, 6) is -2.08. The van der Waals surface area contributed by atoms with Crippen LogP contribution in [0.4, 0.5) is 4.79 Å². The van der Waals surface area contributed by atoms with Gasteiger partial charge in [-0.05, 0) is 28.8 Å². The number of nitrogens with zero attached hydrogens (tertiary/aromatic N) is 1. The first kappa shape index (κ1) is 37.3. The first-order valence-corrected chi connectivity index (χ1v) is 17.1. The molecule has 276 valence electrons. The molecular weight excluding hydrogens is 684 g/mol. The van der Waals surface area contributed by atoms with Gasteiger partial charge in [-0.15, -0.1) is 0 Å². The molecule has 2 aliphatic rings. The van der Waals surface area contributed by atoms with Crippen molar-refractivity contribution in [2.45, 2.75) is 56.5 Å². The number of nitrogens with one attached hydrogen (secondary N) is 1. The minimum Gasteiger partial charge on any atom is -0.467 e. The Morgan fingerprint density at radius 3 is 1.72 bits per heavy atom. The number of fused-ring (bicyclic) bond motifs is 1. The SMILES string of the molecule is COC(=O)[C@H](CO[C@@H]1O[C@H](CO)[C@@H](OCc2ccccc2)[C@H](OCc2ccccc2)[C@H]1N1C(=O)c2ccccc2C1=O)NC(=O)OCc1ccccc1. The quantitative estimate of drug-likeness (QED) is 0.135. The number of alkyl carbamates (subject to hydrolysis) is 1. The van der Waals surface area contributed by atoms with Crippen LogP contribution in [0.3, 0.4) is 0 Å². The third-order valence-electron chi connectivity index (χ3n) is 8.91. The summed E-state index contributed by atoms with van der Waals surface area (Å²) in [4.78, 5) is 54.8. The van der Waals surface area contributed by atoms with E-state index in [0.717, 1.165) is 28.7 Å². The summed E-state index contributed by atoms with van der Waals surface area (Å²) in [6.45, 7) is -1.00. The van der Waals surface area contributed by atoms with E-state index in [4.69, 9.17) is 28.4 Å². The molecule has 0 unspecified atom stereocenters. The highest BCUT2D eigenvalue weighted by Crippen LogP contribution is 2.36. The molecule has 53 heavy (non-hydrogen) atoms. The highest BCUT2D eigenvalue weighted by atomic mass is 16.7.